The second-order valence-electron chi connectivity index (χ2n) is 6.08. The molecule has 2 aromatic rings. The molecule has 10 nitrogen and oxygen atoms in total. The molecule has 1 amide bonds. The van der Waals surface area contributed by atoms with Gasteiger partial charge in [0.05, 0.1) is 12.0 Å². The van der Waals surface area contributed by atoms with E-state index in [0.29, 0.717) is 31.1 Å². The molecule has 146 valence electrons. The van der Waals surface area contributed by atoms with E-state index in [1.165, 1.54) is 23.5 Å². The first-order valence-electron chi connectivity index (χ1n) is 8.45. The molecule has 11 heteroatoms. The van der Waals surface area contributed by atoms with Gasteiger partial charge in [0.2, 0.25) is 15.9 Å². The summed E-state index contributed by atoms with van der Waals surface area (Å²) in [6, 6.07) is 6.23. The zero-order valence-electron chi connectivity index (χ0n) is 14.8. The van der Waals surface area contributed by atoms with Crippen molar-refractivity contribution in [3.05, 3.63) is 40.6 Å². The van der Waals surface area contributed by atoms with Crippen molar-refractivity contribution in [1.29, 1.82) is 0 Å². The summed E-state index contributed by atoms with van der Waals surface area (Å²) in [7, 11) is -2.09. The zero-order chi connectivity index (χ0) is 19.4. The standard InChI is InChI=1S/C16H21N5O5S/c1-26-12-2-4-13(5-3-12)27(24,25)21-10-8-20(9-11-21)15(22)7-6-14-17-16(23)19-18-14/h2-5H,6-11H2,1H3,(H2,17,18,19,23). The molecule has 0 aliphatic carbocycles. The van der Waals surface area contributed by atoms with Crippen molar-refractivity contribution in [2.75, 3.05) is 33.3 Å². The Kier molecular flexibility index (Phi) is 5.61. The number of carbonyl (C=O) groups is 1. The average Bonchev–Trinajstić information content (AvgIpc) is 3.11. The summed E-state index contributed by atoms with van der Waals surface area (Å²) in [6.07, 6.45) is 0.522. The molecule has 0 saturated carbocycles. The number of nitrogens with zero attached hydrogens (tertiary/aromatic N) is 3. The Labute approximate surface area is 156 Å². The van der Waals surface area contributed by atoms with Crippen LogP contribution in [0.1, 0.15) is 12.2 Å². The van der Waals surface area contributed by atoms with E-state index in [4.69, 9.17) is 4.74 Å². The Morgan fingerprint density at radius 2 is 1.85 bits per heavy atom. The predicted molar refractivity (Wildman–Crippen MR) is 95.9 cm³/mol. The quantitative estimate of drug-likeness (QED) is 0.683. The normalized spacial score (nSPS) is 15.7. The van der Waals surface area contributed by atoms with Crippen LogP contribution in [0.15, 0.2) is 34.0 Å². The number of hydrogen-bond donors (Lipinski definition) is 2. The van der Waals surface area contributed by atoms with Gasteiger partial charge in [0.15, 0.2) is 0 Å². The number of amides is 1. The maximum atomic E-state index is 12.7. The molecule has 0 atom stereocenters. The number of hydrogen-bond acceptors (Lipinski definition) is 6. The van der Waals surface area contributed by atoms with Gasteiger partial charge in [-0.05, 0) is 24.3 Å². The smallest absolute Gasteiger partial charge is 0.340 e. The molecule has 1 aliphatic rings. The molecule has 1 aliphatic heterocycles. The van der Waals surface area contributed by atoms with Gasteiger partial charge < -0.3 is 9.64 Å². The molecule has 0 radical (unpaired) electrons. The van der Waals surface area contributed by atoms with Gasteiger partial charge in [0.25, 0.3) is 0 Å². The van der Waals surface area contributed by atoms with Crippen LogP contribution in [0, 0.1) is 0 Å². The molecule has 2 heterocycles. The van der Waals surface area contributed by atoms with Crippen molar-refractivity contribution in [3.8, 4) is 5.75 Å². The van der Waals surface area contributed by atoms with Gasteiger partial charge in [-0.15, -0.1) is 0 Å². The van der Waals surface area contributed by atoms with E-state index in [1.807, 2.05) is 0 Å². The molecule has 1 aromatic carbocycles. The first kappa shape index (κ1) is 19.1. The number of ether oxygens (including phenoxy) is 1. The number of aryl methyl sites for hydroxylation is 1. The molecule has 0 bridgehead atoms. The van der Waals surface area contributed by atoms with Crippen molar-refractivity contribution in [2.24, 2.45) is 0 Å². The van der Waals surface area contributed by atoms with Crippen LogP contribution in [0.25, 0.3) is 0 Å². The van der Waals surface area contributed by atoms with Gasteiger partial charge in [-0.3, -0.25) is 9.78 Å². The van der Waals surface area contributed by atoms with Gasteiger partial charge >= 0.3 is 5.69 Å². The third kappa shape index (κ3) is 4.37. The fraction of sp³-hybridized carbons (Fsp3) is 0.438. The molecule has 27 heavy (non-hydrogen) atoms. The lowest BCUT2D eigenvalue weighted by Crippen LogP contribution is -2.50. The summed E-state index contributed by atoms with van der Waals surface area (Å²) in [5.74, 6) is 0.914. The molecular formula is C16H21N5O5S. The summed E-state index contributed by atoms with van der Waals surface area (Å²) in [5.41, 5.74) is -0.408. The first-order valence-corrected chi connectivity index (χ1v) is 9.89. The average molecular weight is 395 g/mol. The van der Waals surface area contributed by atoms with Gasteiger partial charge in [0.1, 0.15) is 11.6 Å². The molecule has 1 fully saturated rings. The van der Waals surface area contributed by atoms with E-state index in [2.05, 4.69) is 15.2 Å². The van der Waals surface area contributed by atoms with Gasteiger partial charge in [-0.1, -0.05) is 0 Å². The lowest BCUT2D eigenvalue weighted by molar-refractivity contribution is -0.132. The second kappa shape index (κ2) is 7.92. The number of piperazine rings is 1. The molecule has 3 rings (SSSR count). The van der Waals surface area contributed by atoms with Crippen molar-refractivity contribution in [3.63, 3.8) is 0 Å². The highest BCUT2D eigenvalue weighted by Crippen LogP contribution is 2.20. The van der Waals surface area contributed by atoms with Crippen molar-refractivity contribution >= 4 is 15.9 Å². The van der Waals surface area contributed by atoms with Crippen LogP contribution < -0.4 is 10.4 Å². The fourth-order valence-corrected chi connectivity index (χ4v) is 4.30. The van der Waals surface area contributed by atoms with E-state index in [0.717, 1.165) is 0 Å². The maximum Gasteiger partial charge on any atom is 0.340 e. The monoisotopic (exact) mass is 395 g/mol. The van der Waals surface area contributed by atoms with E-state index in [-0.39, 0.29) is 30.3 Å². The Morgan fingerprint density at radius 1 is 1.19 bits per heavy atom. The highest BCUT2D eigenvalue weighted by molar-refractivity contribution is 7.89. The third-order valence-electron chi connectivity index (χ3n) is 4.41. The zero-order valence-corrected chi connectivity index (χ0v) is 15.7. The number of nitrogens with one attached hydrogen (secondary N) is 2. The second-order valence-corrected chi connectivity index (χ2v) is 8.02. The van der Waals surface area contributed by atoms with Crippen LogP contribution in [-0.4, -0.2) is 72.0 Å². The number of rotatable bonds is 6. The largest absolute Gasteiger partial charge is 0.497 e. The van der Waals surface area contributed by atoms with E-state index >= 15 is 0 Å². The molecular weight excluding hydrogens is 374 g/mol. The van der Waals surface area contributed by atoms with Crippen LogP contribution in [0.2, 0.25) is 0 Å². The number of aromatic amines is 2. The Bertz CT molecular complexity index is 942. The first-order chi connectivity index (χ1) is 12.9. The number of aromatic nitrogens is 3. The highest BCUT2D eigenvalue weighted by Gasteiger charge is 2.30. The summed E-state index contributed by atoms with van der Waals surface area (Å²) >= 11 is 0. The summed E-state index contributed by atoms with van der Waals surface area (Å²) in [5, 5.41) is 6.01. The number of carbonyl (C=O) groups excluding carboxylic acids is 1. The van der Waals surface area contributed by atoms with Crippen LogP contribution in [0.5, 0.6) is 5.75 Å². The minimum atomic E-state index is -3.60. The number of H-pyrrole nitrogens is 2. The summed E-state index contributed by atoms with van der Waals surface area (Å²) in [4.78, 5) is 27.6. The topological polar surface area (TPSA) is 128 Å². The van der Waals surface area contributed by atoms with E-state index in [9.17, 15) is 18.0 Å². The van der Waals surface area contributed by atoms with Crippen molar-refractivity contribution in [2.45, 2.75) is 17.7 Å². The summed E-state index contributed by atoms with van der Waals surface area (Å²) < 4.78 is 31.8. The van der Waals surface area contributed by atoms with Gasteiger partial charge in [-0.25, -0.2) is 18.3 Å². The van der Waals surface area contributed by atoms with Gasteiger partial charge in [0, 0.05) is 39.0 Å². The van der Waals surface area contributed by atoms with E-state index in [1.54, 1.807) is 17.0 Å². The minimum absolute atomic E-state index is 0.0969. The van der Waals surface area contributed by atoms with Crippen molar-refractivity contribution < 1.29 is 17.9 Å². The number of benzene rings is 1. The Hall–Kier alpha value is -2.66. The number of sulfonamides is 1. The predicted octanol–water partition coefficient (Wildman–Crippen LogP) is -0.428. The molecule has 1 saturated heterocycles. The molecule has 0 unspecified atom stereocenters. The lowest BCUT2D eigenvalue weighted by Gasteiger charge is -2.34. The minimum Gasteiger partial charge on any atom is -0.497 e. The van der Waals surface area contributed by atoms with Gasteiger partial charge in [-0.2, -0.15) is 9.40 Å². The van der Waals surface area contributed by atoms with Crippen LogP contribution in [0.4, 0.5) is 0 Å². The van der Waals surface area contributed by atoms with Crippen LogP contribution in [-0.2, 0) is 21.2 Å². The molecule has 2 N–H and O–H groups in total. The maximum absolute atomic E-state index is 12.7. The van der Waals surface area contributed by atoms with Crippen molar-refractivity contribution in [1.82, 2.24) is 24.4 Å². The summed E-state index contributed by atoms with van der Waals surface area (Å²) in [6.45, 7) is 1.12. The third-order valence-corrected chi connectivity index (χ3v) is 6.33. The van der Waals surface area contributed by atoms with Crippen LogP contribution >= 0.6 is 0 Å². The van der Waals surface area contributed by atoms with E-state index < -0.39 is 15.7 Å². The molecule has 1 aromatic heterocycles. The highest BCUT2D eigenvalue weighted by atomic mass is 32.2. The fourth-order valence-electron chi connectivity index (χ4n) is 2.88. The lowest BCUT2D eigenvalue weighted by atomic mass is 10.2. The Balaban J connectivity index is 1.55. The molecule has 0 spiro atoms. The SMILES string of the molecule is COc1ccc(S(=O)(=O)N2CCN(C(=O)CCc3n[nH]c(=O)[nH]3)CC2)cc1. The van der Waals surface area contributed by atoms with Crippen LogP contribution in [0.3, 0.4) is 0 Å². The number of methoxy groups -OCH3 is 1. The Morgan fingerprint density at radius 3 is 2.41 bits per heavy atom.